The molecule has 0 spiro atoms. The van der Waals surface area contributed by atoms with Crippen molar-refractivity contribution in [1.29, 1.82) is 0 Å². The van der Waals surface area contributed by atoms with Crippen LogP contribution in [0.25, 0.3) is 0 Å². The summed E-state index contributed by atoms with van der Waals surface area (Å²) < 4.78 is 5.13. The molecule has 0 aromatic heterocycles. The highest BCUT2D eigenvalue weighted by Gasteiger charge is 2.20. The van der Waals surface area contributed by atoms with Gasteiger partial charge in [0.25, 0.3) is 0 Å². The van der Waals surface area contributed by atoms with E-state index in [9.17, 15) is 0 Å². The van der Waals surface area contributed by atoms with Gasteiger partial charge >= 0.3 is 0 Å². The average Bonchev–Trinajstić information content (AvgIpc) is 2.09. The zero-order valence-corrected chi connectivity index (χ0v) is 7.83. The van der Waals surface area contributed by atoms with E-state index < -0.39 is 0 Å². The molecule has 12 heavy (non-hydrogen) atoms. The molecule has 0 bridgehead atoms. The molecule has 3 heteroatoms. The summed E-state index contributed by atoms with van der Waals surface area (Å²) in [5.41, 5.74) is 0. The molecule has 0 aliphatic carbocycles. The molecule has 1 aliphatic heterocycles. The molecule has 0 amide bonds. The van der Waals surface area contributed by atoms with Crippen LogP contribution in [-0.4, -0.2) is 49.5 Å². The number of aliphatic hydroxyl groups excluding tert-OH is 1. The van der Waals surface area contributed by atoms with Gasteiger partial charge in [-0.25, -0.2) is 0 Å². The molecule has 1 aliphatic rings. The van der Waals surface area contributed by atoms with Crippen molar-refractivity contribution in [2.45, 2.75) is 25.3 Å². The standard InChI is InChI=1S/C9H19NO2/c1-12-8-9-4-2-3-5-10(9)6-7-11/h9,11H,2-8H2,1H3/t9-/m1/s1. The SMILES string of the molecule is COC[C@H]1CCCCN1CCO. The van der Waals surface area contributed by atoms with E-state index in [1.165, 1.54) is 19.3 Å². The summed E-state index contributed by atoms with van der Waals surface area (Å²) in [7, 11) is 1.74. The zero-order valence-electron chi connectivity index (χ0n) is 7.83. The van der Waals surface area contributed by atoms with Crippen LogP contribution in [0.5, 0.6) is 0 Å². The normalized spacial score (nSPS) is 26.0. The number of hydrogen-bond acceptors (Lipinski definition) is 3. The van der Waals surface area contributed by atoms with Crippen LogP contribution in [0.15, 0.2) is 0 Å². The summed E-state index contributed by atoms with van der Waals surface area (Å²) in [4.78, 5) is 2.33. The molecule has 1 N–H and O–H groups in total. The Morgan fingerprint density at radius 3 is 3.00 bits per heavy atom. The Kier molecular flexibility index (Phi) is 4.58. The predicted octanol–water partition coefficient (Wildman–Crippen LogP) is 0.480. The summed E-state index contributed by atoms with van der Waals surface area (Å²) in [5, 5.41) is 8.82. The van der Waals surface area contributed by atoms with Crippen LogP contribution in [-0.2, 0) is 4.74 Å². The molecule has 1 rings (SSSR count). The number of nitrogens with zero attached hydrogens (tertiary/aromatic N) is 1. The quantitative estimate of drug-likeness (QED) is 0.671. The molecule has 0 unspecified atom stereocenters. The topological polar surface area (TPSA) is 32.7 Å². The highest BCUT2D eigenvalue weighted by Crippen LogP contribution is 2.16. The molecule has 3 nitrogen and oxygen atoms in total. The van der Waals surface area contributed by atoms with Gasteiger partial charge in [0.2, 0.25) is 0 Å². The average molecular weight is 173 g/mol. The molecule has 1 fully saturated rings. The largest absolute Gasteiger partial charge is 0.395 e. The first kappa shape index (κ1) is 9.96. The molecular formula is C9H19NO2. The number of ether oxygens (including phenoxy) is 1. The van der Waals surface area contributed by atoms with E-state index in [1.807, 2.05) is 0 Å². The van der Waals surface area contributed by atoms with Gasteiger partial charge in [-0.3, -0.25) is 4.90 Å². The van der Waals surface area contributed by atoms with Gasteiger partial charge in [0.15, 0.2) is 0 Å². The maximum atomic E-state index is 8.82. The highest BCUT2D eigenvalue weighted by atomic mass is 16.5. The van der Waals surface area contributed by atoms with E-state index in [4.69, 9.17) is 9.84 Å². The lowest BCUT2D eigenvalue weighted by atomic mass is 10.0. The predicted molar refractivity (Wildman–Crippen MR) is 48.2 cm³/mol. The van der Waals surface area contributed by atoms with E-state index in [0.717, 1.165) is 19.7 Å². The Morgan fingerprint density at radius 1 is 1.50 bits per heavy atom. The maximum Gasteiger partial charge on any atom is 0.0618 e. The van der Waals surface area contributed by atoms with Crippen LogP contribution < -0.4 is 0 Å². The first-order valence-corrected chi connectivity index (χ1v) is 4.72. The maximum absolute atomic E-state index is 8.82. The second kappa shape index (κ2) is 5.51. The van der Waals surface area contributed by atoms with Gasteiger partial charge in [-0.1, -0.05) is 6.42 Å². The van der Waals surface area contributed by atoms with Crippen molar-refractivity contribution in [3.8, 4) is 0 Å². The molecule has 1 atom stereocenters. The lowest BCUT2D eigenvalue weighted by Crippen LogP contribution is -2.43. The van der Waals surface area contributed by atoms with E-state index >= 15 is 0 Å². The Hall–Kier alpha value is -0.120. The van der Waals surface area contributed by atoms with E-state index in [2.05, 4.69) is 4.90 Å². The summed E-state index contributed by atoms with van der Waals surface area (Å²) in [5.74, 6) is 0. The van der Waals surface area contributed by atoms with Crippen LogP contribution in [0, 0.1) is 0 Å². The van der Waals surface area contributed by atoms with Gasteiger partial charge in [0, 0.05) is 19.7 Å². The minimum Gasteiger partial charge on any atom is -0.395 e. The molecule has 72 valence electrons. The fraction of sp³-hybridized carbons (Fsp3) is 1.00. The fourth-order valence-corrected chi connectivity index (χ4v) is 1.86. The molecular weight excluding hydrogens is 154 g/mol. The van der Waals surface area contributed by atoms with E-state index in [1.54, 1.807) is 7.11 Å². The lowest BCUT2D eigenvalue weighted by Gasteiger charge is -2.34. The molecule has 1 saturated heterocycles. The summed E-state index contributed by atoms with van der Waals surface area (Å²) in [6, 6.07) is 0.538. The van der Waals surface area contributed by atoms with Gasteiger partial charge in [-0.2, -0.15) is 0 Å². The monoisotopic (exact) mass is 173 g/mol. The van der Waals surface area contributed by atoms with Crippen molar-refractivity contribution in [3.05, 3.63) is 0 Å². The third kappa shape index (κ3) is 2.73. The number of β-amino-alcohol motifs (C(OH)–C–C–N with tert-alkyl or cyclic N) is 1. The van der Waals surface area contributed by atoms with Gasteiger partial charge in [0.1, 0.15) is 0 Å². The van der Waals surface area contributed by atoms with Crippen LogP contribution in [0.2, 0.25) is 0 Å². The van der Waals surface area contributed by atoms with Crippen LogP contribution in [0.3, 0.4) is 0 Å². The first-order chi connectivity index (χ1) is 5.88. The Bertz CT molecular complexity index is 101. The Morgan fingerprint density at radius 2 is 2.33 bits per heavy atom. The first-order valence-electron chi connectivity index (χ1n) is 4.72. The molecule has 1 heterocycles. The number of aliphatic hydroxyl groups is 1. The van der Waals surface area contributed by atoms with E-state index in [-0.39, 0.29) is 6.61 Å². The summed E-state index contributed by atoms with van der Waals surface area (Å²) in [6.07, 6.45) is 3.78. The van der Waals surface area contributed by atoms with Crippen molar-refractivity contribution in [1.82, 2.24) is 4.90 Å². The number of hydrogen-bond donors (Lipinski definition) is 1. The smallest absolute Gasteiger partial charge is 0.0618 e. The van der Waals surface area contributed by atoms with Crippen molar-refractivity contribution < 1.29 is 9.84 Å². The number of piperidine rings is 1. The second-order valence-corrected chi connectivity index (χ2v) is 3.36. The lowest BCUT2D eigenvalue weighted by molar-refractivity contribution is 0.0535. The molecule has 0 aromatic rings. The van der Waals surface area contributed by atoms with E-state index in [0.29, 0.717) is 6.04 Å². The molecule has 0 aromatic carbocycles. The second-order valence-electron chi connectivity index (χ2n) is 3.36. The minimum atomic E-state index is 0.264. The third-order valence-corrected chi connectivity index (χ3v) is 2.50. The Balaban J connectivity index is 2.31. The number of likely N-dealkylation sites (tertiary alicyclic amines) is 1. The van der Waals surface area contributed by atoms with Crippen molar-refractivity contribution in [2.75, 3.05) is 33.4 Å². The molecule has 0 radical (unpaired) electrons. The zero-order chi connectivity index (χ0) is 8.81. The third-order valence-electron chi connectivity index (χ3n) is 2.50. The fourth-order valence-electron chi connectivity index (χ4n) is 1.86. The van der Waals surface area contributed by atoms with Crippen LogP contribution in [0.1, 0.15) is 19.3 Å². The van der Waals surface area contributed by atoms with Crippen LogP contribution >= 0.6 is 0 Å². The van der Waals surface area contributed by atoms with Gasteiger partial charge in [-0.15, -0.1) is 0 Å². The summed E-state index contributed by atoms with van der Waals surface area (Å²) in [6.45, 7) is 2.99. The number of methoxy groups -OCH3 is 1. The minimum absolute atomic E-state index is 0.264. The summed E-state index contributed by atoms with van der Waals surface area (Å²) >= 11 is 0. The van der Waals surface area contributed by atoms with Crippen molar-refractivity contribution in [2.24, 2.45) is 0 Å². The van der Waals surface area contributed by atoms with Crippen LogP contribution in [0.4, 0.5) is 0 Å². The van der Waals surface area contributed by atoms with Crippen molar-refractivity contribution >= 4 is 0 Å². The van der Waals surface area contributed by atoms with Crippen molar-refractivity contribution in [3.63, 3.8) is 0 Å². The highest BCUT2D eigenvalue weighted by molar-refractivity contribution is 4.75. The van der Waals surface area contributed by atoms with Gasteiger partial charge in [0.05, 0.1) is 13.2 Å². The molecule has 0 saturated carbocycles. The Labute approximate surface area is 74.3 Å². The van der Waals surface area contributed by atoms with Gasteiger partial charge in [-0.05, 0) is 19.4 Å². The van der Waals surface area contributed by atoms with Gasteiger partial charge < -0.3 is 9.84 Å². The number of rotatable bonds is 4.